The van der Waals surface area contributed by atoms with Gasteiger partial charge in [-0.25, -0.2) is 0 Å². The molecule has 3 nitrogen and oxygen atoms in total. The Kier molecular flexibility index (Phi) is 5.14. The highest BCUT2D eigenvalue weighted by atomic mass is 35.5. The standard InChI is InChI=1S/C14H20ClNO2/c1-17-14-7-6-11(10-13(14)15)16-8-2-4-12-5-3-9-18-12/h6-7,10,12,16H,2-5,8-9H2,1H3. The fraction of sp³-hybridized carbons (Fsp3) is 0.571. The average molecular weight is 270 g/mol. The van der Waals surface area contributed by atoms with E-state index in [2.05, 4.69) is 5.32 Å². The average Bonchev–Trinajstić information content (AvgIpc) is 2.88. The van der Waals surface area contributed by atoms with Gasteiger partial charge < -0.3 is 14.8 Å². The van der Waals surface area contributed by atoms with Gasteiger partial charge in [0.15, 0.2) is 0 Å². The van der Waals surface area contributed by atoms with E-state index >= 15 is 0 Å². The molecule has 0 amide bonds. The third kappa shape index (κ3) is 3.79. The first-order chi connectivity index (χ1) is 8.79. The number of rotatable bonds is 6. The maximum absolute atomic E-state index is 6.06. The summed E-state index contributed by atoms with van der Waals surface area (Å²) in [7, 11) is 1.62. The van der Waals surface area contributed by atoms with Crippen LogP contribution in [0, 0.1) is 0 Å². The first-order valence-electron chi connectivity index (χ1n) is 6.48. The van der Waals surface area contributed by atoms with Crippen LogP contribution in [-0.4, -0.2) is 26.4 Å². The lowest BCUT2D eigenvalue weighted by Crippen LogP contribution is -2.09. The van der Waals surface area contributed by atoms with E-state index in [-0.39, 0.29) is 0 Å². The lowest BCUT2D eigenvalue weighted by Gasteiger charge is -2.11. The summed E-state index contributed by atoms with van der Waals surface area (Å²) in [6.45, 7) is 1.88. The first kappa shape index (κ1) is 13.5. The Morgan fingerprint density at radius 3 is 3.06 bits per heavy atom. The highest BCUT2D eigenvalue weighted by Crippen LogP contribution is 2.27. The molecule has 0 spiro atoms. The summed E-state index contributed by atoms with van der Waals surface area (Å²) in [5, 5.41) is 4.01. The molecule has 1 aromatic carbocycles. The molecule has 0 aromatic heterocycles. The maximum atomic E-state index is 6.06. The molecule has 1 N–H and O–H groups in total. The second-order valence-electron chi connectivity index (χ2n) is 4.55. The lowest BCUT2D eigenvalue weighted by molar-refractivity contribution is 0.103. The van der Waals surface area contributed by atoms with Gasteiger partial charge in [0.05, 0.1) is 18.2 Å². The topological polar surface area (TPSA) is 30.5 Å². The molecular weight excluding hydrogens is 250 g/mol. The van der Waals surface area contributed by atoms with Crippen LogP contribution in [0.15, 0.2) is 18.2 Å². The zero-order chi connectivity index (χ0) is 12.8. The van der Waals surface area contributed by atoms with E-state index in [9.17, 15) is 0 Å². The van der Waals surface area contributed by atoms with Crippen molar-refractivity contribution in [3.05, 3.63) is 23.2 Å². The van der Waals surface area contributed by atoms with Gasteiger partial charge in [0.25, 0.3) is 0 Å². The Morgan fingerprint density at radius 2 is 2.39 bits per heavy atom. The van der Waals surface area contributed by atoms with Gasteiger partial charge in [-0.05, 0) is 43.9 Å². The van der Waals surface area contributed by atoms with Crippen LogP contribution in [0.4, 0.5) is 5.69 Å². The zero-order valence-corrected chi connectivity index (χ0v) is 11.5. The molecule has 1 unspecified atom stereocenters. The summed E-state index contributed by atoms with van der Waals surface area (Å²) in [6, 6.07) is 5.76. The van der Waals surface area contributed by atoms with Crippen molar-refractivity contribution in [3.8, 4) is 5.75 Å². The van der Waals surface area contributed by atoms with Crippen LogP contribution in [0.25, 0.3) is 0 Å². The fourth-order valence-corrected chi connectivity index (χ4v) is 2.47. The van der Waals surface area contributed by atoms with Gasteiger partial charge in [-0.15, -0.1) is 0 Å². The van der Waals surface area contributed by atoms with Crippen molar-refractivity contribution in [3.63, 3.8) is 0 Å². The van der Waals surface area contributed by atoms with E-state index in [0.717, 1.165) is 31.7 Å². The van der Waals surface area contributed by atoms with Crippen LogP contribution >= 0.6 is 11.6 Å². The van der Waals surface area contributed by atoms with Gasteiger partial charge in [0.1, 0.15) is 5.75 Å². The second kappa shape index (κ2) is 6.86. The van der Waals surface area contributed by atoms with Crippen LogP contribution < -0.4 is 10.1 Å². The van der Waals surface area contributed by atoms with Gasteiger partial charge in [0.2, 0.25) is 0 Å². The van der Waals surface area contributed by atoms with E-state index in [4.69, 9.17) is 21.1 Å². The van der Waals surface area contributed by atoms with Crippen molar-refractivity contribution in [2.75, 3.05) is 25.6 Å². The van der Waals surface area contributed by atoms with Crippen molar-refractivity contribution >= 4 is 17.3 Å². The Balaban J connectivity index is 1.71. The summed E-state index contributed by atoms with van der Waals surface area (Å²) < 4.78 is 10.7. The molecule has 1 aliphatic rings. The number of methoxy groups -OCH3 is 1. The summed E-state index contributed by atoms with van der Waals surface area (Å²) in [6.07, 6.45) is 5.16. The summed E-state index contributed by atoms with van der Waals surface area (Å²) >= 11 is 6.06. The van der Waals surface area contributed by atoms with Gasteiger partial charge in [-0.2, -0.15) is 0 Å². The molecule has 18 heavy (non-hydrogen) atoms. The van der Waals surface area contributed by atoms with Crippen LogP contribution in [-0.2, 0) is 4.74 Å². The number of benzene rings is 1. The van der Waals surface area contributed by atoms with Gasteiger partial charge in [-0.1, -0.05) is 11.6 Å². The van der Waals surface area contributed by atoms with Crippen molar-refractivity contribution in [1.82, 2.24) is 0 Å². The number of hydrogen-bond acceptors (Lipinski definition) is 3. The minimum atomic E-state index is 0.478. The van der Waals surface area contributed by atoms with Crippen molar-refractivity contribution in [2.45, 2.75) is 31.8 Å². The molecule has 2 rings (SSSR count). The molecule has 1 heterocycles. The first-order valence-corrected chi connectivity index (χ1v) is 6.86. The number of anilines is 1. The predicted octanol–water partition coefficient (Wildman–Crippen LogP) is 3.72. The van der Waals surface area contributed by atoms with Gasteiger partial charge in [0, 0.05) is 18.8 Å². The highest BCUT2D eigenvalue weighted by molar-refractivity contribution is 6.32. The molecule has 0 bridgehead atoms. The Hall–Kier alpha value is -0.930. The summed E-state index contributed by atoms with van der Waals surface area (Å²) in [4.78, 5) is 0. The molecule has 1 aliphatic heterocycles. The molecule has 0 aliphatic carbocycles. The summed E-state index contributed by atoms with van der Waals surface area (Å²) in [5.74, 6) is 0.710. The second-order valence-corrected chi connectivity index (χ2v) is 4.96. The monoisotopic (exact) mass is 269 g/mol. The van der Waals surface area contributed by atoms with Crippen molar-refractivity contribution in [1.29, 1.82) is 0 Å². The number of nitrogens with one attached hydrogen (secondary N) is 1. The molecule has 4 heteroatoms. The van der Waals surface area contributed by atoms with Crippen molar-refractivity contribution in [2.24, 2.45) is 0 Å². The van der Waals surface area contributed by atoms with E-state index in [1.807, 2.05) is 18.2 Å². The SMILES string of the molecule is COc1ccc(NCCCC2CCCO2)cc1Cl. The molecule has 0 radical (unpaired) electrons. The smallest absolute Gasteiger partial charge is 0.137 e. The van der Waals surface area contributed by atoms with Crippen LogP contribution in [0.2, 0.25) is 5.02 Å². The molecule has 1 atom stereocenters. The molecular formula is C14H20ClNO2. The van der Waals surface area contributed by atoms with Crippen molar-refractivity contribution < 1.29 is 9.47 Å². The molecule has 1 fully saturated rings. The molecule has 1 saturated heterocycles. The van der Waals surface area contributed by atoms with Gasteiger partial charge >= 0.3 is 0 Å². The Morgan fingerprint density at radius 1 is 1.50 bits per heavy atom. The Bertz CT molecular complexity index is 378. The minimum Gasteiger partial charge on any atom is -0.495 e. The van der Waals surface area contributed by atoms with E-state index in [1.54, 1.807) is 7.11 Å². The number of halogens is 1. The maximum Gasteiger partial charge on any atom is 0.137 e. The van der Waals surface area contributed by atoms with Crippen LogP contribution in [0.1, 0.15) is 25.7 Å². The fourth-order valence-electron chi connectivity index (χ4n) is 2.21. The lowest BCUT2D eigenvalue weighted by atomic mass is 10.1. The molecule has 0 saturated carbocycles. The van der Waals surface area contributed by atoms with Gasteiger partial charge in [-0.3, -0.25) is 0 Å². The molecule has 1 aromatic rings. The highest BCUT2D eigenvalue weighted by Gasteiger charge is 2.14. The largest absolute Gasteiger partial charge is 0.495 e. The van der Waals surface area contributed by atoms with E-state index < -0.39 is 0 Å². The zero-order valence-electron chi connectivity index (χ0n) is 10.7. The van der Waals surface area contributed by atoms with E-state index in [1.165, 1.54) is 12.8 Å². The molecule has 100 valence electrons. The quantitative estimate of drug-likeness (QED) is 0.799. The number of hydrogen-bond donors (Lipinski definition) is 1. The Labute approximate surface area is 113 Å². The number of ether oxygens (including phenoxy) is 2. The predicted molar refractivity (Wildman–Crippen MR) is 74.7 cm³/mol. The minimum absolute atomic E-state index is 0.478. The third-order valence-electron chi connectivity index (χ3n) is 3.21. The summed E-state index contributed by atoms with van der Waals surface area (Å²) in [5.41, 5.74) is 1.04. The third-order valence-corrected chi connectivity index (χ3v) is 3.50. The van der Waals surface area contributed by atoms with Crippen LogP contribution in [0.3, 0.4) is 0 Å². The van der Waals surface area contributed by atoms with E-state index in [0.29, 0.717) is 16.9 Å². The normalized spacial score (nSPS) is 18.9. The van der Waals surface area contributed by atoms with Crippen LogP contribution in [0.5, 0.6) is 5.75 Å².